The summed E-state index contributed by atoms with van der Waals surface area (Å²) in [7, 11) is 0. The summed E-state index contributed by atoms with van der Waals surface area (Å²) in [6.45, 7) is 10.7. The number of hydrogen-bond donors (Lipinski definition) is 2. The molecule has 0 heterocycles. The van der Waals surface area contributed by atoms with Crippen LogP contribution in [0.2, 0.25) is 0 Å². The molecule has 0 aliphatic heterocycles. The average molecular weight is 251 g/mol. The first-order chi connectivity index (χ1) is 8.38. The van der Waals surface area contributed by atoms with Gasteiger partial charge in [0.2, 0.25) is 0 Å². The third kappa shape index (κ3) is 4.00. The van der Waals surface area contributed by atoms with Crippen molar-refractivity contribution >= 4 is 0 Å². The minimum absolute atomic E-state index is 0.0516. The molecule has 1 rings (SSSR count). The molecule has 1 aromatic carbocycles. The van der Waals surface area contributed by atoms with Crippen LogP contribution in [-0.4, -0.2) is 29.9 Å². The van der Waals surface area contributed by atoms with Crippen molar-refractivity contribution in [3.8, 4) is 5.75 Å². The number of nitrogens with one attached hydrogen (secondary N) is 1. The number of benzene rings is 1. The van der Waals surface area contributed by atoms with Crippen molar-refractivity contribution in [2.75, 3.05) is 13.2 Å². The molecule has 0 aliphatic carbocycles. The highest BCUT2D eigenvalue weighted by Gasteiger charge is 2.25. The van der Waals surface area contributed by atoms with Gasteiger partial charge in [-0.1, -0.05) is 26.0 Å². The zero-order valence-corrected chi connectivity index (χ0v) is 12.1. The summed E-state index contributed by atoms with van der Waals surface area (Å²) in [5.74, 6) is 0.889. The van der Waals surface area contributed by atoms with E-state index in [1.807, 2.05) is 19.1 Å². The molecule has 3 heteroatoms. The molecule has 2 N–H and O–H groups in total. The molecular weight excluding hydrogens is 226 g/mol. The van der Waals surface area contributed by atoms with Crippen molar-refractivity contribution in [2.45, 2.75) is 46.2 Å². The van der Waals surface area contributed by atoms with Gasteiger partial charge in [-0.25, -0.2) is 0 Å². The van der Waals surface area contributed by atoms with E-state index in [1.54, 1.807) is 0 Å². The first-order valence-corrected chi connectivity index (χ1v) is 6.45. The van der Waals surface area contributed by atoms with Crippen molar-refractivity contribution < 1.29 is 9.84 Å². The van der Waals surface area contributed by atoms with E-state index < -0.39 is 5.54 Å². The molecule has 18 heavy (non-hydrogen) atoms. The van der Waals surface area contributed by atoms with Gasteiger partial charge < -0.3 is 15.2 Å². The molecule has 0 amide bonds. The fourth-order valence-electron chi connectivity index (χ4n) is 1.95. The van der Waals surface area contributed by atoms with Gasteiger partial charge in [-0.05, 0) is 38.0 Å². The fourth-order valence-corrected chi connectivity index (χ4v) is 1.95. The van der Waals surface area contributed by atoms with Crippen molar-refractivity contribution in [3.05, 3.63) is 29.3 Å². The highest BCUT2D eigenvalue weighted by molar-refractivity contribution is 5.38. The van der Waals surface area contributed by atoms with Gasteiger partial charge >= 0.3 is 0 Å². The summed E-state index contributed by atoms with van der Waals surface area (Å²) in [6.07, 6.45) is 0. The van der Waals surface area contributed by atoms with Crippen LogP contribution < -0.4 is 10.1 Å². The first kappa shape index (κ1) is 15.0. The lowest BCUT2D eigenvalue weighted by atomic mass is 10.0. The smallest absolute Gasteiger partial charge is 0.122 e. The molecule has 1 aromatic rings. The van der Waals surface area contributed by atoms with Crippen LogP contribution in [0.4, 0.5) is 0 Å². The monoisotopic (exact) mass is 251 g/mol. The minimum atomic E-state index is -0.412. The predicted octanol–water partition coefficient (Wildman–Crippen LogP) is 2.43. The van der Waals surface area contributed by atoms with Gasteiger partial charge in [0.15, 0.2) is 0 Å². The van der Waals surface area contributed by atoms with E-state index in [4.69, 9.17) is 4.74 Å². The van der Waals surface area contributed by atoms with Gasteiger partial charge in [0.05, 0.1) is 12.1 Å². The molecule has 1 atom stereocenters. The summed E-state index contributed by atoms with van der Waals surface area (Å²) in [4.78, 5) is 0. The standard InChI is InChI=1S/C15H25NO2/c1-11(2)16-15(5,9-17)10-18-14-8-6-7-12(3)13(14)4/h6-8,11,16-17H,9-10H2,1-5H3. The zero-order valence-electron chi connectivity index (χ0n) is 12.1. The molecule has 0 fully saturated rings. The van der Waals surface area contributed by atoms with Crippen LogP contribution in [0.3, 0.4) is 0 Å². The minimum Gasteiger partial charge on any atom is -0.491 e. The van der Waals surface area contributed by atoms with Crippen molar-refractivity contribution in [1.29, 1.82) is 0 Å². The Kier molecular flexibility index (Phi) is 5.17. The Labute approximate surface area is 110 Å². The lowest BCUT2D eigenvalue weighted by molar-refractivity contribution is 0.108. The van der Waals surface area contributed by atoms with Gasteiger partial charge in [0.25, 0.3) is 0 Å². The lowest BCUT2D eigenvalue weighted by Crippen LogP contribution is -2.53. The maximum Gasteiger partial charge on any atom is 0.122 e. The van der Waals surface area contributed by atoms with Crippen LogP contribution in [0.25, 0.3) is 0 Å². The summed E-state index contributed by atoms with van der Waals surface area (Å²) >= 11 is 0. The lowest BCUT2D eigenvalue weighted by Gasteiger charge is -2.31. The Balaban J connectivity index is 2.71. The maximum absolute atomic E-state index is 9.49. The molecule has 0 saturated heterocycles. The number of aliphatic hydroxyl groups excluding tert-OH is 1. The van der Waals surface area contributed by atoms with E-state index in [2.05, 4.69) is 39.1 Å². The van der Waals surface area contributed by atoms with E-state index in [9.17, 15) is 5.11 Å². The number of rotatable bonds is 6. The van der Waals surface area contributed by atoms with E-state index in [1.165, 1.54) is 5.56 Å². The second-order valence-corrected chi connectivity index (χ2v) is 5.50. The van der Waals surface area contributed by atoms with Crippen LogP contribution in [0.5, 0.6) is 5.75 Å². The Morgan fingerprint density at radius 1 is 1.33 bits per heavy atom. The Morgan fingerprint density at radius 3 is 2.56 bits per heavy atom. The summed E-state index contributed by atoms with van der Waals surface area (Å²) in [5, 5.41) is 12.8. The van der Waals surface area contributed by atoms with Crippen molar-refractivity contribution in [1.82, 2.24) is 5.32 Å². The molecule has 3 nitrogen and oxygen atoms in total. The zero-order chi connectivity index (χ0) is 13.8. The quantitative estimate of drug-likeness (QED) is 0.816. The molecule has 0 bridgehead atoms. The third-order valence-corrected chi connectivity index (χ3v) is 3.09. The normalized spacial score (nSPS) is 14.6. The molecule has 0 spiro atoms. The van der Waals surface area contributed by atoms with Crippen molar-refractivity contribution in [3.63, 3.8) is 0 Å². The topological polar surface area (TPSA) is 41.5 Å². The molecule has 0 aliphatic rings. The number of hydrogen-bond acceptors (Lipinski definition) is 3. The number of ether oxygens (including phenoxy) is 1. The fraction of sp³-hybridized carbons (Fsp3) is 0.600. The third-order valence-electron chi connectivity index (χ3n) is 3.09. The average Bonchev–Trinajstić information content (AvgIpc) is 2.30. The van der Waals surface area contributed by atoms with Gasteiger partial charge in [-0.15, -0.1) is 0 Å². The van der Waals surface area contributed by atoms with E-state index >= 15 is 0 Å². The highest BCUT2D eigenvalue weighted by atomic mass is 16.5. The Morgan fingerprint density at radius 2 is 2.00 bits per heavy atom. The predicted molar refractivity (Wildman–Crippen MR) is 75.2 cm³/mol. The van der Waals surface area contributed by atoms with Gasteiger partial charge in [-0.2, -0.15) is 0 Å². The maximum atomic E-state index is 9.49. The SMILES string of the molecule is Cc1cccc(OCC(C)(CO)NC(C)C)c1C. The van der Waals surface area contributed by atoms with Gasteiger partial charge in [0, 0.05) is 6.04 Å². The van der Waals surface area contributed by atoms with Crippen molar-refractivity contribution in [2.24, 2.45) is 0 Å². The summed E-state index contributed by atoms with van der Waals surface area (Å²) in [6, 6.07) is 6.34. The number of aryl methyl sites for hydroxylation is 1. The molecule has 1 unspecified atom stereocenters. The highest BCUT2D eigenvalue weighted by Crippen LogP contribution is 2.21. The van der Waals surface area contributed by atoms with Gasteiger partial charge in [0.1, 0.15) is 12.4 Å². The van der Waals surface area contributed by atoms with E-state index in [0.29, 0.717) is 12.6 Å². The first-order valence-electron chi connectivity index (χ1n) is 6.45. The summed E-state index contributed by atoms with van der Waals surface area (Å²) in [5.41, 5.74) is 1.96. The second-order valence-electron chi connectivity index (χ2n) is 5.50. The molecule has 0 radical (unpaired) electrons. The molecule has 102 valence electrons. The van der Waals surface area contributed by atoms with Crippen LogP contribution >= 0.6 is 0 Å². The van der Waals surface area contributed by atoms with Crippen LogP contribution in [-0.2, 0) is 0 Å². The number of aliphatic hydroxyl groups is 1. The van der Waals surface area contributed by atoms with Gasteiger partial charge in [-0.3, -0.25) is 0 Å². The largest absolute Gasteiger partial charge is 0.491 e. The molecule has 0 aromatic heterocycles. The Hall–Kier alpha value is -1.06. The molecule has 0 saturated carbocycles. The second kappa shape index (κ2) is 6.21. The summed E-state index contributed by atoms with van der Waals surface area (Å²) < 4.78 is 5.85. The van der Waals surface area contributed by atoms with E-state index in [-0.39, 0.29) is 6.61 Å². The van der Waals surface area contributed by atoms with Crippen LogP contribution in [0.1, 0.15) is 31.9 Å². The van der Waals surface area contributed by atoms with E-state index in [0.717, 1.165) is 11.3 Å². The van der Waals surface area contributed by atoms with Crippen LogP contribution in [0, 0.1) is 13.8 Å². The Bertz CT molecular complexity index is 390. The molecular formula is C15H25NO2. The van der Waals surface area contributed by atoms with Crippen LogP contribution in [0.15, 0.2) is 18.2 Å².